The van der Waals surface area contributed by atoms with E-state index in [1.54, 1.807) is 6.07 Å². The molecule has 0 radical (unpaired) electrons. The Morgan fingerprint density at radius 1 is 0.800 bits per heavy atom. The maximum absolute atomic E-state index is 9.84. The lowest BCUT2D eigenvalue weighted by Crippen LogP contribution is -1.93. The lowest BCUT2D eigenvalue weighted by atomic mass is 10.0. The van der Waals surface area contributed by atoms with E-state index in [1.807, 2.05) is 38.1 Å². The SMILES string of the molecule is CC.Oc1cc(Br)ccc1CCc1cc(Br)ccc1Br. The van der Waals surface area contributed by atoms with Crippen molar-refractivity contribution in [2.75, 3.05) is 0 Å². The van der Waals surface area contributed by atoms with Gasteiger partial charge in [0.05, 0.1) is 0 Å². The van der Waals surface area contributed by atoms with Gasteiger partial charge in [0, 0.05) is 13.4 Å². The molecule has 20 heavy (non-hydrogen) atoms. The first-order valence-corrected chi connectivity index (χ1v) is 8.85. The lowest BCUT2D eigenvalue weighted by molar-refractivity contribution is 0.467. The summed E-state index contributed by atoms with van der Waals surface area (Å²) in [5.41, 5.74) is 2.19. The fourth-order valence-electron chi connectivity index (χ4n) is 1.75. The number of aryl methyl sites for hydroxylation is 2. The Labute approximate surface area is 145 Å². The number of rotatable bonds is 3. The van der Waals surface area contributed by atoms with E-state index in [0.717, 1.165) is 31.8 Å². The van der Waals surface area contributed by atoms with Crippen LogP contribution in [0.3, 0.4) is 0 Å². The van der Waals surface area contributed by atoms with Crippen LogP contribution in [-0.2, 0) is 12.8 Å². The first kappa shape index (κ1) is 17.7. The largest absolute Gasteiger partial charge is 0.508 e. The second kappa shape index (κ2) is 8.85. The second-order valence-corrected chi connectivity index (χ2v) is 6.69. The summed E-state index contributed by atoms with van der Waals surface area (Å²) < 4.78 is 3.07. The molecule has 0 saturated carbocycles. The minimum Gasteiger partial charge on any atom is -0.508 e. The van der Waals surface area contributed by atoms with Crippen molar-refractivity contribution in [1.29, 1.82) is 0 Å². The van der Waals surface area contributed by atoms with E-state index in [-0.39, 0.29) is 0 Å². The van der Waals surface area contributed by atoms with Gasteiger partial charge >= 0.3 is 0 Å². The van der Waals surface area contributed by atoms with Crippen LogP contribution in [-0.4, -0.2) is 5.11 Å². The van der Waals surface area contributed by atoms with Gasteiger partial charge in [-0.05, 0) is 54.3 Å². The highest BCUT2D eigenvalue weighted by molar-refractivity contribution is 9.11. The molecular formula is C16H17Br3O. The third-order valence-electron chi connectivity index (χ3n) is 2.72. The second-order valence-electron chi connectivity index (χ2n) is 4.01. The summed E-state index contributed by atoms with van der Waals surface area (Å²) in [6, 6.07) is 11.8. The molecule has 108 valence electrons. The average Bonchev–Trinajstić information content (AvgIpc) is 2.43. The highest BCUT2D eigenvalue weighted by atomic mass is 79.9. The van der Waals surface area contributed by atoms with Gasteiger partial charge < -0.3 is 5.11 Å². The standard InChI is InChI=1S/C14H11Br3O.C2H6/c15-11-5-6-13(17)10(7-11)2-1-9-3-4-12(16)8-14(9)18;1-2/h3-8,18H,1-2H2;1-2H3. The van der Waals surface area contributed by atoms with Gasteiger partial charge in [0.15, 0.2) is 0 Å². The molecular weight excluding hydrogens is 448 g/mol. The van der Waals surface area contributed by atoms with E-state index < -0.39 is 0 Å². The van der Waals surface area contributed by atoms with Crippen LogP contribution < -0.4 is 0 Å². The first-order chi connectivity index (χ1) is 9.56. The molecule has 0 aliphatic heterocycles. The molecule has 1 nitrogen and oxygen atoms in total. The Bertz CT molecular complexity index is 568. The average molecular weight is 465 g/mol. The molecule has 2 aromatic carbocycles. The predicted molar refractivity (Wildman–Crippen MR) is 96.4 cm³/mol. The summed E-state index contributed by atoms with van der Waals surface area (Å²) >= 11 is 10.4. The number of hydrogen-bond donors (Lipinski definition) is 1. The molecule has 0 heterocycles. The summed E-state index contributed by atoms with van der Waals surface area (Å²) in [4.78, 5) is 0. The summed E-state index contributed by atoms with van der Waals surface area (Å²) in [5.74, 6) is 0.343. The minimum atomic E-state index is 0.343. The predicted octanol–water partition coefficient (Wildman–Crippen LogP) is 6.49. The van der Waals surface area contributed by atoms with E-state index in [2.05, 4.69) is 53.9 Å². The van der Waals surface area contributed by atoms with Crippen molar-refractivity contribution in [3.8, 4) is 5.75 Å². The van der Waals surface area contributed by atoms with Gasteiger partial charge in [-0.15, -0.1) is 0 Å². The lowest BCUT2D eigenvalue weighted by Gasteiger charge is -2.07. The fraction of sp³-hybridized carbons (Fsp3) is 0.250. The molecule has 0 unspecified atom stereocenters. The third kappa shape index (κ3) is 5.23. The van der Waals surface area contributed by atoms with Crippen molar-refractivity contribution in [1.82, 2.24) is 0 Å². The molecule has 0 saturated heterocycles. The van der Waals surface area contributed by atoms with Gasteiger partial charge in [-0.1, -0.05) is 67.7 Å². The molecule has 1 N–H and O–H groups in total. The number of benzene rings is 2. The third-order valence-corrected chi connectivity index (χ3v) is 4.48. The van der Waals surface area contributed by atoms with Gasteiger partial charge in [-0.2, -0.15) is 0 Å². The highest BCUT2D eigenvalue weighted by Crippen LogP contribution is 2.26. The van der Waals surface area contributed by atoms with Crippen molar-refractivity contribution in [3.05, 3.63) is 60.9 Å². The van der Waals surface area contributed by atoms with Crippen LogP contribution in [0.25, 0.3) is 0 Å². The molecule has 0 atom stereocenters. The maximum Gasteiger partial charge on any atom is 0.119 e. The first-order valence-electron chi connectivity index (χ1n) is 6.47. The van der Waals surface area contributed by atoms with E-state index in [0.29, 0.717) is 5.75 Å². The summed E-state index contributed by atoms with van der Waals surface area (Å²) in [5, 5.41) is 9.84. The van der Waals surface area contributed by atoms with E-state index in [4.69, 9.17) is 0 Å². The van der Waals surface area contributed by atoms with Crippen molar-refractivity contribution < 1.29 is 5.11 Å². The van der Waals surface area contributed by atoms with Crippen LogP contribution in [0.5, 0.6) is 5.75 Å². The number of phenols is 1. The highest BCUT2D eigenvalue weighted by Gasteiger charge is 2.05. The Hall–Kier alpha value is -0.320. The maximum atomic E-state index is 9.84. The molecule has 0 fully saturated rings. The zero-order chi connectivity index (χ0) is 15.1. The van der Waals surface area contributed by atoms with E-state index >= 15 is 0 Å². The monoisotopic (exact) mass is 462 g/mol. The molecule has 0 spiro atoms. The Kier molecular flexibility index (Phi) is 7.85. The summed E-state index contributed by atoms with van der Waals surface area (Å²) in [6.45, 7) is 4.00. The quantitative estimate of drug-likeness (QED) is 0.550. The Morgan fingerprint density at radius 3 is 2.00 bits per heavy atom. The Balaban J connectivity index is 0.000000956. The van der Waals surface area contributed by atoms with Crippen molar-refractivity contribution in [3.63, 3.8) is 0 Å². The molecule has 2 aromatic rings. The molecule has 4 heteroatoms. The van der Waals surface area contributed by atoms with Crippen LogP contribution in [0.1, 0.15) is 25.0 Å². The molecule has 0 aromatic heterocycles. The van der Waals surface area contributed by atoms with Crippen molar-refractivity contribution in [2.24, 2.45) is 0 Å². The van der Waals surface area contributed by atoms with Crippen LogP contribution in [0, 0.1) is 0 Å². The van der Waals surface area contributed by atoms with Crippen LogP contribution >= 0.6 is 47.8 Å². The number of halogens is 3. The van der Waals surface area contributed by atoms with Crippen molar-refractivity contribution >= 4 is 47.8 Å². The molecule has 2 rings (SSSR count). The van der Waals surface area contributed by atoms with Crippen LogP contribution in [0.2, 0.25) is 0 Å². The smallest absolute Gasteiger partial charge is 0.119 e. The molecule has 0 aliphatic carbocycles. The summed E-state index contributed by atoms with van der Waals surface area (Å²) in [7, 11) is 0. The molecule has 0 amide bonds. The molecule has 0 aliphatic rings. The van der Waals surface area contributed by atoms with E-state index in [9.17, 15) is 5.11 Å². The number of phenolic OH excluding ortho intramolecular Hbond substituents is 1. The molecule has 0 bridgehead atoms. The normalized spacial score (nSPS) is 9.85. The van der Waals surface area contributed by atoms with Gasteiger partial charge in [0.25, 0.3) is 0 Å². The van der Waals surface area contributed by atoms with Gasteiger partial charge in [0.1, 0.15) is 5.75 Å². The number of aromatic hydroxyl groups is 1. The zero-order valence-electron chi connectivity index (χ0n) is 11.5. The van der Waals surface area contributed by atoms with Crippen LogP contribution in [0.4, 0.5) is 0 Å². The topological polar surface area (TPSA) is 20.2 Å². The van der Waals surface area contributed by atoms with Crippen molar-refractivity contribution in [2.45, 2.75) is 26.7 Å². The summed E-state index contributed by atoms with van der Waals surface area (Å²) in [6.07, 6.45) is 1.70. The van der Waals surface area contributed by atoms with Gasteiger partial charge in [0.2, 0.25) is 0 Å². The minimum absolute atomic E-state index is 0.343. The van der Waals surface area contributed by atoms with Gasteiger partial charge in [-0.25, -0.2) is 0 Å². The zero-order valence-corrected chi connectivity index (χ0v) is 16.2. The van der Waals surface area contributed by atoms with Crippen LogP contribution in [0.15, 0.2) is 49.8 Å². The fourth-order valence-corrected chi connectivity index (χ4v) is 2.96. The Morgan fingerprint density at radius 2 is 1.35 bits per heavy atom. The number of hydrogen-bond acceptors (Lipinski definition) is 1. The van der Waals surface area contributed by atoms with Gasteiger partial charge in [-0.3, -0.25) is 0 Å². The van der Waals surface area contributed by atoms with E-state index in [1.165, 1.54) is 5.56 Å².